The van der Waals surface area contributed by atoms with E-state index >= 15 is 0 Å². The zero-order valence-corrected chi connectivity index (χ0v) is 19.2. The number of nitrogens with one attached hydrogen (secondary N) is 1. The van der Waals surface area contributed by atoms with Crippen LogP contribution in [0.1, 0.15) is 29.7 Å². The molecule has 0 aliphatic carbocycles. The maximum absolute atomic E-state index is 14.4. The van der Waals surface area contributed by atoms with Crippen molar-refractivity contribution in [1.82, 2.24) is 10.3 Å². The molecular formula is C23H19F5N3O3S-. The highest BCUT2D eigenvalue weighted by Crippen LogP contribution is 2.32. The third-order valence-corrected chi connectivity index (χ3v) is 5.92. The quantitative estimate of drug-likeness (QED) is 0.368. The van der Waals surface area contributed by atoms with Crippen molar-refractivity contribution in [3.63, 3.8) is 0 Å². The van der Waals surface area contributed by atoms with Crippen LogP contribution in [0.3, 0.4) is 0 Å². The fraction of sp³-hybridized carbons (Fsp3) is 0.217. The first-order chi connectivity index (χ1) is 16.4. The van der Waals surface area contributed by atoms with Gasteiger partial charge in [0.15, 0.2) is 0 Å². The first-order valence-electron chi connectivity index (χ1n) is 10.1. The van der Waals surface area contributed by atoms with Crippen molar-refractivity contribution >= 4 is 22.9 Å². The maximum atomic E-state index is 14.4. The predicted octanol–water partition coefficient (Wildman–Crippen LogP) is 4.70. The van der Waals surface area contributed by atoms with Crippen molar-refractivity contribution in [2.24, 2.45) is 0 Å². The lowest BCUT2D eigenvalue weighted by Crippen LogP contribution is -2.28. The van der Waals surface area contributed by atoms with Crippen molar-refractivity contribution in [2.45, 2.75) is 25.6 Å². The van der Waals surface area contributed by atoms with Crippen LogP contribution in [0.2, 0.25) is 0 Å². The van der Waals surface area contributed by atoms with Gasteiger partial charge in [-0.05, 0) is 48.4 Å². The second kappa shape index (κ2) is 10.5. The van der Waals surface area contributed by atoms with Gasteiger partial charge < -0.3 is 14.2 Å². The highest BCUT2D eigenvalue weighted by Gasteiger charge is 2.33. The van der Waals surface area contributed by atoms with E-state index in [4.69, 9.17) is 0 Å². The summed E-state index contributed by atoms with van der Waals surface area (Å²) >= 11 is -2.69. The van der Waals surface area contributed by atoms with E-state index in [0.717, 1.165) is 31.3 Å². The summed E-state index contributed by atoms with van der Waals surface area (Å²) < 4.78 is 91.0. The molecule has 1 heterocycles. The molecule has 1 amide bonds. The fourth-order valence-corrected chi connectivity index (χ4v) is 3.60. The van der Waals surface area contributed by atoms with E-state index in [-0.39, 0.29) is 34.6 Å². The third-order valence-electron chi connectivity index (χ3n) is 5.28. The number of nitrogens with zero attached hydrogens (tertiary/aromatic N) is 2. The molecule has 0 spiro atoms. The van der Waals surface area contributed by atoms with Crippen molar-refractivity contribution in [2.75, 3.05) is 11.4 Å². The molecule has 186 valence electrons. The Morgan fingerprint density at radius 3 is 2.40 bits per heavy atom. The summed E-state index contributed by atoms with van der Waals surface area (Å²) in [7, 11) is 1.16. The Hall–Kier alpha value is -3.38. The number of carbonyl (C=O) groups is 1. The lowest BCUT2D eigenvalue weighted by atomic mass is 9.99. The molecule has 0 saturated carbocycles. The summed E-state index contributed by atoms with van der Waals surface area (Å²) in [5, 5.41) is 2.55. The molecule has 0 aliphatic heterocycles. The molecule has 0 aliphatic rings. The highest BCUT2D eigenvalue weighted by atomic mass is 32.2. The lowest BCUT2D eigenvalue weighted by Gasteiger charge is -2.22. The molecule has 1 N–H and O–H groups in total. The minimum Gasteiger partial charge on any atom is -0.755 e. The number of hydrogen-bond acceptors (Lipinski definition) is 4. The van der Waals surface area contributed by atoms with Crippen LogP contribution in [-0.2, 0) is 28.8 Å². The van der Waals surface area contributed by atoms with Gasteiger partial charge in [0.05, 0.1) is 17.3 Å². The van der Waals surface area contributed by atoms with Crippen LogP contribution in [0.5, 0.6) is 0 Å². The smallest absolute Gasteiger partial charge is 0.433 e. The summed E-state index contributed by atoms with van der Waals surface area (Å²) in [5.74, 6) is -3.11. The molecule has 2 unspecified atom stereocenters. The zero-order chi connectivity index (χ0) is 25.9. The molecule has 2 aromatic carbocycles. The van der Waals surface area contributed by atoms with Crippen molar-refractivity contribution < 1.29 is 35.5 Å². The maximum Gasteiger partial charge on any atom is 0.433 e. The van der Waals surface area contributed by atoms with Crippen LogP contribution in [0.4, 0.5) is 27.6 Å². The number of halogens is 5. The molecule has 2 atom stereocenters. The monoisotopic (exact) mass is 512 g/mol. The minimum atomic E-state index is -4.75. The molecule has 0 saturated heterocycles. The normalized spacial score (nSPS) is 13.3. The van der Waals surface area contributed by atoms with Gasteiger partial charge >= 0.3 is 6.18 Å². The lowest BCUT2D eigenvalue weighted by molar-refractivity contribution is -0.141. The number of benzene rings is 2. The Morgan fingerprint density at radius 2 is 1.80 bits per heavy atom. The number of hydrogen-bond donors (Lipinski definition) is 1. The number of anilines is 1. The fourth-order valence-electron chi connectivity index (χ4n) is 3.29. The van der Waals surface area contributed by atoms with Gasteiger partial charge in [-0.3, -0.25) is 9.00 Å². The van der Waals surface area contributed by atoms with Gasteiger partial charge in [-0.25, -0.2) is 13.8 Å². The molecule has 0 radical (unpaired) electrons. The average Bonchev–Trinajstić information content (AvgIpc) is 2.81. The number of aromatic nitrogens is 1. The summed E-state index contributed by atoms with van der Waals surface area (Å²) in [4.78, 5) is 16.3. The molecule has 0 bridgehead atoms. The van der Waals surface area contributed by atoms with E-state index in [1.165, 1.54) is 37.3 Å². The molecule has 1 aromatic heterocycles. The molecule has 35 heavy (non-hydrogen) atoms. The summed E-state index contributed by atoms with van der Waals surface area (Å²) in [6.45, 7) is 1.21. The molecule has 0 fully saturated rings. The second-order valence-corrected chi connectivity index (χ2v) is 8.53. The molecular weight excluding hydrogens is 493 g/mol. The van der Waals surface area contributed by atoms with Crippen LogP contribution >= 0.6 is 0 Å². The van der Waals surface area contributed by atoms with Crippen molar-refractivity contribution in [1.29, 1.82) is 0 Å². The van der Waals surface area contributed by atoms with Crippen LogP contribution in [0.25, 0.3) is 11.3 Å². The first kappa shape index (κ1) is 26.2. The van der Waals surface area contributed by atoms with Crippen LogP contribution in [0.15, 0.2) is 54.6 Å². The summed E-state index contributed by atoms with van der Waals surface area (Å²) in [5.41, 5.74) is -1.46. The first-order valence-corrected chi connectivity index (χ1v) is 11.2. The standard InChI is InChI=1S/C23H20F5N3O3S/c1-13(14-7-9-19(18(25)11-14)31(2)35(33)34)22(32)29-12-15-8-10-20(23(26,27)28)30-21(15)16-5-3-4-6-17(16)24/h3-11,13H,12H2,1-2H3,(H,29,32)(H,33,34)/p-1. The number of amides is 1. The predicted molar refractivity (Wildman–Crippen MR) is 119 cm³/mol. The van der Waals surface area contributed by atoms with Gasteiger partial charge in [0, 0.05) is 30.4 Å². The van der Waals surface area contributed by atoms with E-state index in [0.29, 0.717) is 4.31 Å². The van der Waals surface area contributed by atoms with Crippen molar-refractivity contribution in [3.05, 3.63) is 83.1 Å². The Bertz CT molecular complexity index is 1270. The average molecular weight is 512 g/mol. The topological polar surface area (TPSA) is 85.4 Å². The summed E-state index contributed by atoms with van der Waals surface area (Å²) in [6, 6.07) is 10.6. The van der Waals surface area contributed by atoms with Gasteiger partial charge in [-0.1, -0.05) is 24.3 Å². The Balaban J connectivity index is 1.84. The number of rotatable bonds is 7. The number of alkyl halides is 3. The van der Waals surface area contributed by atoms with Crippen LogP contribution in [-0.4, -0.2) is 26.7 Å². The Labute approximate surface area is 200 Å². The van der Waals surface area contributed by atoms with E-state index < -0.39 is 46.6 Å². The number of carbonyl (C=O) groups excluding carboxylic acids is 1. The second-order valence-electron chi connectivity index (χ2n) is 7.55. The van der Waals surface area contributed by atoms with E-state index in [2.05, 4.69) is 10.3 Å². The van der Waals surface area contributed by atoms with Gasteiger partial charge in [0.25, 0.3) is 0 Å². The molecule has 3 aromatic rings. The third kappa shape index (κ3) is 6.01. The highest BCUT2D eigenvalue weighted by molar-refractivity contribution is 7.80. The van der Waals surface area contributed by atoms with Crippen molar-refractivity contribution in [3.8, 4) is 11.3 Å². The Kier molecular flexibility index (Phi) is 7.86. The number of pyridine rings is 1. The Morgan fingerprint density at radius 1 is 1.11 bits per heavy atom. The van der Waals surface area contributed by atoms with Gasteiger partial charge in [-0.15, -0.1) is 0 Å². The van der Waals surface area contributed by atoms with Crippen LogP contribution in [0, 0.1) is 11.6 Å². The van der Waals surface area contributed by atoms with E-state index in [1.807, 2.05) is 0 Å². The molecule has 6 nitrogen and oxygen atoms in total. The summed E-state index contributed by atoms with van der Waals surface area (Å²) in [6.07, 6.45) is -4.75. The molecule has 12 heteroatoms. The van der Waals surface area contributed by atoms with Gasteiger partial charge in [0.1, 0.15) is 17.3 Å². The SMILES string of the molecule is CC(C(=O)NCc1ccc(C(F)(F)F)nc1-c1ccccc1F)c1ccc(N(C)S(=O)[O-])c(F)c1. The van der Waals surface area contributed by atoms with Gasteiger partial charge in [-0.2, -0.15) is 13.2 Å². The molecule has 3 rings (SSSR count). The zero-order valence-electron chi connectivity index (χ0n) is 18.4. The minimum absolute atomic E-state index is 0.143. The van der Waals surface area contributed by atoms with Crippen LogP contribution < -0.4 is 9.62 Å². The van der Waals surface area contributed by atoms with E-state index in [1.54, 1.807) is 0 Å². The largest absolute Gasteiger partial charge is 0.755 e. The van der Waals surface area contributed by atoms with E-state index in [9.17, 15) is 35.5 Å². The van der Waals surface area contributed by atoms with Gasteiger partial charge in [0.2, 0.25) is 5.91 Å².